The van der Waals surface area contributed by atoms with Gasteiger partial charge in [0.2, 0.25) is 0 Å². The molecular weight excluding hydrogens is 306 g/mol. The lowest BCUT2D eigenvalue weighted by Gasteiger charge is -2.30. The number of carbonyl (C=O) groups is 1. The van der Waals surface area contributed by atoms with Gasteiger partial charge in [-0.25, -0.2) is 0 Å². The maximum Gasteiger partial charge on any atom is 0.264 e. The molecule has 2 aromatic rings. The van der Waals surface area contributed by atoms with Gasteiger partial charge in [0.05, 0.1) is 18.9 Å². The van der Waals surface area contributed by atoms with E-state index in [-0.39, 0.29) is 24.6 Å². The molecule has 1 aliphatic carbocycles. The monoisotopic (exact) mass is 329 g/mol. The van der Waals surface area contributed by atoms with Crippen molar-refractivity contribution in [2.24, 2.45) is 0 Å². The van der Waals surface area contributed by atoms with Gasteiger partial charge < -0.3 is 19.2 Å². The fourth-order valence-corrected chi connectivity index (χ4v) is 2.89. The fraction of sp³-hybridized carbons (Fsp3) is 0.421. The molecule has 0 aliphatic heterocycles. The van der Waals surface area contributed by atoms with Crippen molar-refractivity contribution in [1.82, 2.24) is 4.90 Å². The smallest absolute Gasteiger partial charge is 0.264 e. The molecule has 1 aliphatic rings. The van der Waals surface area contributed by atoms with Crippen molar-refractivity contribution in [2.75, 3.05) is 0 Å². The summed E-state index contributed by atoms with van der Waals surface area (Å²) in [5, 5.41) is 9.21. The summed E-state index contributed by atoms with van der Waals surface area (Å²) in [6.07, 6.45) is 3.06. The number of nitrogens with zero attached hydrogens (tertiary/aromatic N) is 1. The largest absolute Gasteiger partial charge is 0.481 e. The first-order chi connectivity index (χ1) is 11.6. The van der Waals surface area contributed by atoms with Gasteiger partial charge >= 0.3 is 0 Å². The van der Waals surface area contributed by atoms with E-state index in [1.165, 1.54) is 0 Å². The molecule has 2 unspecified atom stereocenters. The Morgan fingerprint density at radius 3 is 2.75 bits per heavy atom. The molecule has 1 amide bonds. The third-order valence-corrected chi connectivity index (χ3v) is 4.31. The van der Waals surface area contributed by atoms with Gasteiger partial charge in [-0.3, -0.25) is 4.79 Å². The summed E-state index contributed by atoms with van der Waals surface area (Å²) in [5.74, 6) is 1.32. The highest BCUT2D eigenvalue weighted by atomic mass is 16.5. The van der Waals surface area contributed by atoms with Gasteiger partial charge in [0.15, 0.2) is 6.10 Å². The molecular formula is C19H23NO4. The lowest BCUT2D eigenvalue weighted by molar-refractivity contribution is -0.141. The molecule has 2 atom stereocenters. The van der Waals surface area contributed by atoms with Crippen LogP contribution in [0.4, 0.5) is 0 Å². The molecule has 3 rings (SSSR count). The summed E-state index contributed by atoms with van der Waals surface area (Å²) in [6.45, 7) is 3.69. The van der Waals surface area contributed by atoms with Gasteiger partial charge in [-0.15, -0.1) is 0 Å². The van der Waals surface area contributed by atoms with Crippen molar-refractivity contribution >= 4 is 5.91 Å². The molecule has 0 saturated heterocycles. The van der Waals surface area contributed by atoms with Crippen LogP contribution in [0, 0.1) is 0 Å². The molecule has 128 valence electrons. The molecule has 1 aromatic carbocycles. The number of aliphatic hydroxyl groups excluding tert-OH is 1. The summed E-state index contributed by atoms with van der Waals surface area (Å²) in [6, 6.07) is 11.0. The van der Waals surface area contributed by atoms with Crippen LogP contribution in [0.2, 0.25) is 0 Å². The molecule has 0 bridgehead atoms. The first kappa shape index (κ1) is 16.6. The van der Waals surface area contributed by atoms with E-state index < -0.39 is 6.10 Å². The second-order valence-corrected chi connectivity index (χ2v) is 6.23. The summed E-state index contributed by atoms with van der Waals surface area (Å²) in [7, 11) is 0. The Morgan fingerprint density at radius 1 is 1.33 bits per heavy atom. The Kier molecular flexibility index (Phi) is 4.90. The number of ether oxygens (including phenoxy) is 1. The van der Waals surface area contributed by atoms with E-state index in [0.29, 0.717) is 5.75 Å². The van der Waals surface area contributed by atoms with Crippen LogP contribution >= 0.6 is 0 Å². The van der Waals surface area contributed by atoms with Gasteiger partial charge in [-0.1, -0.05) is 12.1 Å². The van der Waals surface area contributed by atoms with E-state index in [9.17, 15) is 9.90 Å². The summed E-state index contributed by atoms with van der Waals surface area (Å²) >= 11 is 0. The molecule has 5 nitrogen and oxygen atoms in total. The zero-order valence-corrected chi connectivity index (χ0v) is 14.0. The molecule has 1 N–H and O–H groups in total. The topological polar surface area (TPSA) is 62.9 Å². The number of hydrogen-bond acceptors (Lipinski definition) is 4. The molecule has 1 aromatic heterocycles. The maximum atomic E-state index is 12.9. The van der Waals surface area contributed by atoms with Gasteiger partial charge in [0.1, 0.15) is 11.5 Å². The molecule has 0 radical (unpaired) electrons. The van der Waals surface area contributed by atoms with Crippen molar-refractivity contribution in [1.29, 1.82) is 0 Å². The van der Waals surface area contributed by atoms with Gasteiger partial charge in [0.25, 0.3) is 5.91 Å². The van der Waals surface area contributed by atoms with Crippen LogP contribution in [-0.4, -0.2) is 28.1 Å². The lowest BCUT2D eigenvalue weighted by Crippen LogP contribution is -2.43. The highest BCUT2D eigenvalue weighted by Gasteiger charge is 2.39. The molecule has 1 saturated carbocycles. The number of hydrogen-bond donors (Lipinski definition) is 1. The average Bonchev–Trinajstić information content (AvgIpc) is 3.26. The molecule has 0 spiro atoms. The highest BCUT2D eigenvalue weighted by molar-refractivity contribution is 5.82. The average molecular weight is 329 g/mol. The van der Waals surface area contributed by atoms with E-state index in [1.807, 2.05) is 36.1 Å². The van der Waals surface area contributed by atoms with Gasteiger partial charge in [-0.05, 0) is 56.5 Å². The van der Waals surface area contributed by atoms with E-state index in [0.717, 1.165) is 24.2 Å². The second kappa shape index (κ2) is 7.09. The Bertz CT molecular complexity index is 678. The predicted octanol–water partition coefficient (Wildman–Crippen LogP) is 3.29. The van der Waals surface area contributed by atoms with E-state index in [2.05, 4.69) is 0 Å². The standard InChI is InChI=1S/C19H23NO4/c1-13(18-7-4-10-23-18)20(16-8-9-16)19(22)14(2)24-17-6-3-5-15(11-17)12-21/h3-7,10-11,13-14,16,21H,8-9,12H2,1-2H3. The SMILES string of the molecule is CC(Oc1cccc(CO)c1)C(=O)N(C1CC1)C(C)c1ccco1. The number of amides is 1. The maximum absolute atomic E-state index is 12.9. The number of furan rings is 1. The Balaban J connectivity index is 1.72. The van der Waals surface area contributed by atoms with Gasteiger partial charge in [-0.2, -0.15) is 0 Å². The van der Waals surface area contributed by atoms with Crippen LogP contribution in [0.3, 0.4) is 0 Å². The Morgan fingerprint density at radius 2 is 2.12 bits per heavy atom. The minimum absolute atomic E-state index is 0.0456. The first-order valence-corrected chi connectivity index (χ1v) is 8.32. The van der Waals surface area contributed by atoms with Crippen LogP contribution in [0.5, 0.6) is 5.75 Å². The molecule has 24 heavy (non-hydrogen) atoms. The van der Waals surface area contributed by atoms with Crippen molar-refractivity contribution in [3.63, 3.8) is 0 Å². The van der Waals surface area contributed by atoms with Crippen LogP contribution in [0.25, 0.3) is 0 Å². The van der Waals surface area contributed by atoms with Crippen LogP contribution in [0.1, 0.15) is 44.1 Å². The summed E-state index contributed by atoms with van der Waals surface area (Å²) < 4.78 is 11.3. The molecule has 1 heterocycles. The van der Waals surface area contributed by atoms with Crippen LogP contribution < -0.4 is 4.74 Å². The zero-order chi connectivity index (χ0) is 17.1. The van der Waals surface area contributed by atoms with Crippen LogP contribution in [0.15, 0.2) is 47.1 Å². The quantitative estimate of drug-likeness (QED) is 0.846. The number of aliphatic hydroxyl groups is 1. The zero-order valence-electron chi connectivity index (χ0n) is 14.0. The van der Waals surface area contributed by atoms with Crippen molar-refractivity contribution in [3.05, 3.63) is 54.0 Å². The van der Waals surface area contributed by atoms with Crippen molar-refractivity contribution in [2.45, 2.75) is 51.5 Å². The van der Waals surface area contributed by atoms with E-state index >= 15 is 0 Å². The third-order valence-electron chi connectivity index (χ3n) is 4.31. The lowest BCUT2D eigenvalue weighted by atomic mass is 10.2. The second-order valence-electron chi connectivity index (χ2n) is 6.23. The molecule has 1 fully saturated rings. The van der Waals surface area contributed by atoms with E-state index in [4.69, 9.17) is 9.15 Å². The van der Waals surface area contributed by atoms with Crippen LogP contribution in [-0.2, 0) is 11.4 Å². The third kappa shape index (κ3) is 3.62. The van der Waals surface area contributed by atoms with Crippen molar-refractivity contribution < 1.29 is 19.1 Å². The normalized spacial score (nSPS) is 16.5. The number of carbonyl (C=O) groups excluding carboxylic acids is 1. The predicted molar refractivity (Wildman–Crippen MR) is 89.4 cm³/mol. The minimum atomic E-state index is -0.600. The number of benzene rings is 1. The Hall–Kier alpha value is -2.27. The van der Waals surface area contributed by atoms with E-state index in [1.54, 1.807) is 25.3 Å². The first-order valence-electron chi connectivity index (χ1n) is 8.32. The molecule has 5 heteroatoms. The fourth-order valence-electron chi connectivity index (χ4n) is 2.89. The minimum Gasteiger partial charge on any atom is -0.481 e. The highest BCUT2D eigenvalue weighted by Crippen LogP contribution is 2.35. The number of rotatable bonds is 7. The summed E-state index contributed by atoms with van der Waals surface area (Å²) in [5.41, 5.74) is 0.759. The van der Waals surface area contributed by atoms with Gasteiger partial charge in [0, 0.05) is 6.04 Å². The van der Waals surface area contributed by atoms with Crippen molar-refractivity contribution in [3.8, 4) is 5.75 Å². The Labute approximate surface area is 141 Å². The summed E-state index contributed by atoms with van der Waals surface area (Å²) in [4.78, 5) is 14.8.